The quantitative estimate of drug-likeness (QED) is 0.912. The molecule has 0 saturated heterocycles. The minimum atomic E-state index is -1.04. The maximum absolute atomic E-state index is 14.2. The van der Waals surface area contributed by atoms with Crippen LogP contribution in [0.4, 0.5) is 10.1 Å². The van der Waals surface area contributed by atoms with Crippen LogP contribution in [0.15, 0.2) is 48.5 Å². The van der Waals surface area contributed by atoms with Gasteiger partial charge in [0.2, 0.25) is 0 Å². The van der Waals surface area contributed by atoms with Gasteiger partial charge in [0.25, 0.3) is 0 Å². The summed E-state index contributed by atoms with van der Waals surface area (Å²) in [6, 6.07) is 13.9. The molecule has 3 nitrogen and oxygen atoms in total. The number of nitrogens with zero attached hydrogens (tertiary/aromatic N) is 1. The number of aliphatic hydroxyl groups is 2. The molecule has 2 atom stereocenters. The lowest BCUT2D eigenvalue weighted by molar-refractivity contribution is 0.0697. The third-order valence-corrected chi connectivity index (χ3v) is 4.26. The molecule has 1 aliphatic rings. The van der Waals surface area contributed by atoms with Crippen molar-refractivity contribution in [2.45, 2.75) is 25.0 Å². The average molecular weight is 301 g/mol. The summed E-state index contributed by atoms with van der Waals surface area (Å²) in [7, 11) is 0. The van der Waals surface area contributed by atoms with Crippen LogP contribution in [0.3, 0.4) is 0 Å². The number of anilines is 1. The van der Waals surface area contributed by atoms with Crippen molar-refractivity contribution in [2.24, 2.45) is 0 Å². The molecule has 3 rings (SSSR count). The van der Waals surface area contributed by atoms with Gasteiger partial charge in [-0.05, 0) is 30.5 Å². The van der Waals surface area contributed by atoms with Gasteiger partial charge in [-0.2, -0.15) is 0 Å². The Bertz CT molecular complexity index is 646. The van der Waals surface area contributed by atoms with Gasteiger partial charge in [0.1, 0.15) is 11.9 Å². The van der Waals surface area contributed by atoms with Crippen LogP contribution < -0.4 is 4.90 Å². The highest BCUT2D eigenvalue weighted by atomic mass is 19.1. The predicted octanol–water partition coefficient (Wildman–Crippen LogP) is 2.67. The summed E-state index contributed by atoms with van der Waals surface area (Å²) in [6.45, 7) is 0.324. The van der Waals surface area contributed by atoms with E-state index in [2.05, 4.69) is 6.07 Å². The van der Waals surface area contributed by atoms with Crippen LogP contribution in [-0.2, 0) is 6.42 Å². The van der Waals surface area contributed by atoms with Gasteiger partial charge < -0.3 is 15.1 Å². The van der Waals surface area contributed by atoms with Crippen LogP contribution in [0.25, 0.3) is 0 Å². The summed E-state index contributed by atoms with van der Waals surface area (Å²) in [5, 5.41) is 19.8. The Morgan fingerprint density at radius 1 is 1.09 bits per heavy atom. The van der Waals surface area contributed by atoms with Crippen LogP contribution in [0, 0.1) is 5.82 Å². The Hall–Kier alpha value is -1.91. The van der Waals surface area contributed by atoms with Gasteiger partial charge in [-0.15, -0.1) is 0 Å². The van der Waals surface area contributed by atoms with Gasteiger partial charge in [-0.25, -0.2) is 4.39 Å². The minimum absolute atomic E-state index is 0.358. The molecule has 0 fully saturated rings. The van der Waals surface area contributed by atoms with Crippen molar-refractivity contribution in [1.82, 2.24) is 0 Å². The Labute approximate surface area is 129 Å². The van der Waals surface area contributed by atoms with Crippen molar-refractivity contribution in [3.8, 4) is 0 Å². The number of rotatable bonds is 4. The Balaban J connectivity index is 2.07. The monoisotopic (exact) mass is 301 g/mol. The van der Waals surface area contributed by atoms with Crippen molar-refractivity contribution in [3.05, 3.63) is 65.5 Å². The van der Waals surface area contributed by atoms with Crippen LogP contribution in [0.1, 0.15) is 23.6 Å². The Morgan fingerprint density at radius 3 is 2.59 bits per heavy atom. The molecule has 0 amide bonds. The zero-order valence-corrected chi connectivity index (χ0v) is 12.3. The van der Waals surface area contributed by atoms with Crippen molar-refractivity contribution in [1.29, 1.82) is 0 Å². The maximum atomic E-state index is 14.2. The fraction of sp³-hybridized carbons (Fsp3) is 0.333. The lowest BCUT2D eigenvalue weighted by Crippen LogP contribution is -2.41. The van der Waals surface area contributed by atoms with E-state index in [-0.39, 0.29) is 5.82 Å². The smallest absolute Gasteiger partial charge is 0.128 e. The first-order chi connectivity index (χ1) is 10.7. The van der Waals surface area contributed by atoms with Crippen molar-refractivity contribution >= 4 is 5.69 Å². The second kappa shape index (κ2) is 6.46. The summed E-state index contributed by atoms with van der Waals surface area (Å²) in [5.41, 5.74) is 2.62. The second-order valence-electron chi connectivity index (χ2n) is 5.64. The third-order valence-electron chi connectivity index (χ3n) is 4.26. The molecule has 4 heteroatoms. The van der Waals surface area contributed by atoms with Gasteiger partial charge in [0, 0.05) is 17.8 Å². The second-order valence-corrected chi connectivity index (χ2v) is 5.64. The largest absolute Gasteiger partial charge is 0.394 e. The first-order valence-corrected chi connectivity index (χ1v) is 7.60. The molecule has 2 unspecified atom stereocenters. The molecule has 2 aromatic carbocycles. The fourth-order valence-corrected chi connectivity index (χ4v) is 3.25. The highest BCUT2D eigenvalue weighted by Crippen LogP contribution is 2.36. The van der Waals surface area contributed by atoms with E-state index in [9.17, 15) is 14.6 Å². The lowest BCUT2D eigenvalue weighted by Gasteiger charge is -2.40. The number of halogens is 1. The van der Waals surface area contributed by atoms with Gasteiger partial charge >= 0.3 is 0 Å². The van der Waals surface area contributed by atoms with Crippen molar-refractivity contribution < 1.29 is 14.6 Å². The molecule has 0 aromatic heterocycles. The van der Waals surface area contributed by atoms with Crippen LogP contribution in [-0.4, -0.2) is 29.5 Å². The van der Waals surface area contributed by atoms with Gasteiger partial charge in [0.15, 0.2) is 0 Å². The van der Waals surface area contributed by atoms with E-state index in [0.717, 1.165) is 25.1 Å². The number of hydrogen-bond acceptors (Lipinski definition) is 3. The average Bonchev–Trinajstić information content (AvgIpc) is 2.57. The predicted molar refractivity (Wildman–Crippen MR) is 84.3 cm³/mol. The number of fused-ring (bicyclic) bond motifs is 1. The van der Waals surface area contributed by atoms with E-state index >= 15 is 0 Å². The molecule has 2 N–H and O–H groups in total. The third kappa shape index (κ3) is 2.72. The van der Waals surface area contributed by atoms with Crippen LogP contribution in [0.2, 0.25) is 0 Å². The zero-order valence-electron chi connectivity index (χ0n) is 12.3. The fourth-order valence-electron chi connectivity index (χ4n) is 3.25. The van der Waals surface area contributed by atoms with Gasteiger partial charge in [-0.1, -0.05) is 36.4 Å². The highest BCUT2D eigenvalue weighted by molar-refractivity contribution is 5.57. The molecule has 22 heavy (non-hydrogen) atoms. The maximum Gasteiger partial charge on any atom is 0.128 e. The number of aliphatic hydroxyl groups excluding tert-OH is 2. The highest BCUT2D eigenvalue weighted by Gasteiger charge is 2.32. The van der Waals surface area contributed by atoms with E-state index in [1.54, 1.807) is 18.2 Å². The minimum Gasteiger partial charge on any atom is -0.394 e. The summed E-state index contributed by atoms with van der Waals surface area (Å²) in [6.07, 6.45) is 0.884. The van der Waals surface area contributed by atoms with E-state index < -0.39 is 18.8 Å². The molecule has 0 saturated carbocycles. The molecule has 0 aliphatic carbocycles. The van der Waals surface area contributed by atoms with Gasteiger partial charge in [-0.3, -0.25) is 0 Å². The zero-order chi connectivity index (χ0) is 15.5. The Kier molecular flexibility index (Phi) is 4.41. The van der Waals surface area contributed by atoms with E-state index in [0.29, 0.717) is 5.56 Å². The molecule has 0 bridgehead atoms. The molecule has 116 valence electrons. The van der Waals surface area contributed by atoms with E-state index in [1.165, 1.54) is 11.6 Å². The summed E-state index contributed by atoms with van der Waals surface area (Å²) < 4.78 is 14.2. The number of para-hydroxylation sites is 1. The van der Waals surface area contributed by atoms with Gasteiger partial charge in [0.05, 0.1) is 12.6 Å². The summed E-state index contributed by atoms with van der Waals surface area (Å²) in [4.78, 5) is 2.01. The Morgan fingerprint density at radius 2 is 1.82 bits per heavy atom. The number of hydrogen-bond donors (Lipinski definition) is 2. The van der Waals surface area contributed by atoms with E-state index in [4.69, 9.17) is 0 Å². The SMILES string of the molecule is OCC(O)C(c1ccccc1F)N1CCCc2ccccc21. The summed E-state index contributed by atoms with van der Waals surface area (Å²) in [5.74, 6) is -0.358. The van der Waals surface area contributed by atoms with Crippen molar-refractivity contribution in [2.75, 3.05) is 18.1 Å². The topological polar surface area (TPSA) is 43.7 Å². The standard InChI is InChI=1S/C18H20FNO2/c19-15-9-3-2-8-14(15)18(17(22)12-21)20-11-5-7-13-6-1-4-10-16(13)20/h1-4,6,8-10,17-18,21-22H,5,7,11-12H2. The number of benzene rings is 2. The molecule has 0 spiro atoms. The molecule has 1 aliphatic heterocycles. The first-order valence-electron chi connectivity index (χ1n) is 7.60. The molecular formula is C18H20FNO2. The van der Waals surface area contributed by atoms with E-state index in [1.807, 2.05) is 23.1 Å². The van der Waals surface area contributed by atoms with Crippen LogP contribution >= 0.6 is 0 Å². The molecule has 2 aromatic rings. The first kappa shape index (κ1) is 15.0. The molecule has 0 radical (unpaired) electrons. The van der Waals surface area contributed by atoms with Crippen LogP contribution in [0.5, 0.6) is 0 Å². The van der Waals surface area contributed by atoms with Crippen molar-refractivity contribution in [3.63, 3.8) is 0 Å². The molecule has 1 heterocycles. The normalized spacial score (nSPS) is 17.0. The molecular weight excluding hydrogens is 281 g/mol. The summed E-state index contributed by atoms with van der Waals surface area (Å²) >= 11 is 0. The lowest BCUT2D eigenvalue weighted by atomic mass is 9.94. The number of aryl methyl sites for hydroxylation is 1.